The molecule has 3 rings (SSSR count). The smallest absolute Gasteiger partial charge is 0.378 e. The van der Waals surface area contributed by atoms with E-state index in [0.29, 0.717) is 10.8 Å². The first-order chi connectivity index (χ1) is 11.8. The van der Waals surface area contributed by atoms with Crippen LogP contribution in [0.3, 0.4) is 0 Å². The number of imide groups is 1. The minimum atomic E-state index is -2.34. The topological polar surface area (TPSA) is 72.9 Å². The summed E-state index contributed by atoms with van der Waals surface area (Å²) in [5.41, 5.74) is 3.90. The predicted molar refractivity (Wildman–Crippen MR) is 92.2 cm³/mol. The maximum Gasteiger partial charge on any atom is 0.383 e. The Morgan fingerprint density at radius 3 is 2.08 bits per heavy atom. The molecular formula is C18H17NO5S. The molecule has 0 saturated heterocycles. The molecule has 1 atom stereocenters. The molecule has 2 aromatic rings. The average Bonchev–Trinajstić information content (AvgIpc) is 2.75. The predicted octanol–water partition coefficient (Wildman–Crippen LogP) is 3.11. The molecule has 25 heavy (non-hydrogen) atoms. The third kappa shape index (κ3) is 3.20. The summed E-state index contributed by atoms with van der Waals surface area (Å²) in [6, 6.07) is 8.62. The molecule has 1 aliphatic heterocycles. The van der Waals surface area contributed by atoms with E-state index in [0.717, 1.165) is 22.3 Å². The lowest BCUT2D eigenvalue weighted by Crippen LogP contribution is -2.32. The van der Waals surface area contributed by atoms with Crippen LogP contribution in [0.25, 0.3) is 0 Å². The van der Waals surface area contributed by atoms with Crippen LogP contribution in [0, 0.1) is 27.7 Å². The van der Waals surface area contributed by atoms with Crippen molar-refractivity contribution >= 4 is 23.2 Å². The average molecular weight is 359 g/mol. The standard InChI is InChI=1S/C18H17NO5S/c1-10-5-6-14-15(9-10)18(21)19(17(14)20)24-25(22)23-16-12(3)7-11(2)8-13(16)4/h5-9H,1-4H3. The van der Waals surface area contributed by atoms with Crippen molar-refractivity contribution in [2.24, 2.45) is 0 Å². The van der Waals surface area contributed by atoms with Crippen LogP contribution in [0.4, 0.5) is 0 Å². The molecule has 130 valence electrons. The van der Waals surface area contributed by atoms with E-state index in [2.05, 4.69) is 0 Å². The summed E-state index contributed by atoms with van der Waals surface area (Å²) < 4.78 is 22.5. The van der Waals surface area contributed by atoms with Crippen LogP contribution in [-0.2, 0) is 15.6 Å². The minimum absolute atomic E-state index is 0.218. The highest BCUT2D eigenvalue weighted by atomic mass is 32.2. The molecule has 2 aromatic carbocycles. The van der Waals surface area contributed by atoms with E-state index >= 15 is 0 Å². The van der Waals surface area contributed by atoms with Crippen molar-refractivity contribution in [3.05, 3.63) is 63.7 Å². The molecule has 0 N–H and O–H groups in total. The summed E-state index contributed by atoms with van der Waals surface area (Å²) in [5, 5.41) is 0.485. The highest BCUT2D eigenvalue weighted by Gasteiger charge is 2.39. The maximum absolute atomic E-state index is 12.3. The molecule has 0 aliphatic carbocycles. The number of carbonyl (C=O) groups excluding carboxylic acids is 2. The van der Waals surface area contributed by atoms with Crippen molar-refractivity contribution in [1.82, 2.24) is 5.06 Å². The van der Waals surface area contributed by atoms with Gasteiger partial charge >= 0.3 is 11.4 Å². The van der Waals surface area contributed by atoms with Crippen LogP contribution in [0.15, 0.2) is 30.3 Å². The van der Waals surface area contributed by atoms with Gasteiger partial charge in [-0.15, -0.1) is 9.35 Å². The van der Waals surface area contributed by atoms with Crippen molar-refractivity contribution < 1.29 is 22.3 Å². The van der Waals surface area contributed by atoms with Crippen molar-refractivity contribution in [2.45, 2.75) is 27.7 Å². The van der Waals surface area contributed by atoms with Crippen molar-refractivity contribution in [2.75, 3.05) is 0 Å². The van der Waals surface area contributed by atoms with Gasteiger partial charge in [-0.1, -0.05) is 29.3 Å². The zero-order valence-electron chi connectivity index (χ0n) is 14.3. The first-order valence-corrected chi connectivity index (χ1v) is 8.63. The first-order valence-electron chi connectivity index (χ1n) is 7.63. The third-order valence-electron chi connectivity index (χ3n) is 3.90. The van der Waals surface area contributed by atoms with Gasteiger partial charge in [-0.05, 0) is 51.0 Å². The lowest BCUT2D eigenvalue weighted by atomic mass is 10.1. The Bertz CT molecular complexity index is 899. The molecule has 0 saturated carbocycles. The van der Waals surface area contributed by atoms with Gasteiger partial charge in [-0.3, -0.25) is 9.59 Å². The van der Waals surface area contributed by atoms with Crippen molar-refractivity contribution in [3.63, 3.8) is 0 Å². The van der Waals surface area contributed by atoms with E-state index in [9.17, 15) is 13.8 Å². The first kappa shape index (κ1) is 17.3. The van der Waals surface area contributed by atoms with Crippen LogP contribution >= 0.6 is 0 Å². The van der Waals surface area contributed by atoms with Gasteiger partial charge in [0.25, 0.3) is 11.8 Å². The van der Waals surface area contributed by atoms with Crippen LogP contribution < -0.4 is 4.18 Å². The molecule has 7 heteroatoms. The van der Waals surface area contributed by atoms with Crippen molar-refractivity contribution in [3.8, 4) is 5.75 Å². The Hall–Kier alpha value is -2.51. The fourth-order valence-electron chi connectivity index (χ4n) is 2.84. The highest BCUT2D eigenvalue weighted by Crippen LogP contribution is 2.28. The molecule has 0 aromatic heterocycles. The second-order valence-corrected chi connectivity index (χ2v) is 6.77. The zero-order chi connectivity index (χ0) is 18.3. The molecule has 0 bridgehead atoms. The van der Waals surface area contributed by atoms with E-state index in [1.165, 1.54) is 0 Å². The normalized spacial score (nSPS) is 14.6. The maximum atomic E-state index is 12.3. The van der Waals surface area contributed by atoms with E-state index in [1.54, 1.807) is 18.2 Å². The number of nitrogens with zero attached hydrogens (tertiary/aromatic N) is 1. The lowest BCUT2D eigenvalue weighted by molar-refractivity contribution is -0.0106. The van der Waals surface area contributed by atoms with Gasteiger partial charge in [0, 0.05) is 0 Å². The summed E-state index contributed by atoms with van der Waals surface area (Å²) in [6.07, 6.45) is 0. The van der Waals surface area contributed by atoms with Gasteiger partial charge in [0.05, 0.1) is 11.1 Å². The number of aryl methyl sites for hydroxylation is 4. The second kappa shape index (κ2) is 6.42. The summed E-state index contributed by atoms with van der Waals surface area (Å²) in [4.78, 5) is 24.6. The highest BCUT2D eigenvalue weighted by molar-refractivity contribution is 7.75. The number of benzene rings is 2. The Labute approximate surface area is 148 Å². The van der Waals surface area contributed by atoms with Gasteiger partial charge in [-0.2, -0.15) is 4.21 Å². The molecular weight excluding hydrogens is 342 g/mol. The number of hydroxylamine groups is 2. The van der Waals surface area contributed by atoms with Crippen LogP contribution in [0.2, 0.25) is 0 Å². The minimum Gasteiger partial charge on any atom is -0.378 e. The van der Waals surface area contributed by atoms with Crippen LogP contribution in [0.5, 0.6) is 5.75 Å². The van der Waals surface area contributed by atoms with Gasteiger partial charge < -0.3 is 4.18 Å². The second-order valence-electron chi connectivity index (χ2n) is 6.04. The number of hydrogen-bond donors (Lipinski definition) is 0. The number of amides is 2. The molecule has 1 aliphatic rings. The van der Waals surface area contributed by atoms with Gasteiger partial charge in [0.1, 0.15) is 5.75 Å². The molecule has 2 amide bonds. The zero-order valence-corrected chi connectivity index (χ0v) is 15.1. The quantitative estimate of drug-likeness (QED) is 0.784. The van der Waals surface area contributed by atoms with E-state index in [-0.39, 0.29) is 11.1 Å². The van der Waals surface area contributed by atoms with Gasteiger partial charge in [0.15, 0.2) is 0 Å². The van der Waals surface area contributed by atoms with Crippen LogP contribution in [0.1, 0.15) is 43.0 Å². The Morgan fingerprint density at radius 2 is 1.44 bits per heavy atom. The number of hydrogen-bond acceptors (Lipinski definition) is 5. The number of fused-ring (bicyclic) bond motifs is 1. The van der Waals surface area contributed by atoms with E-state index in [4.69, 9.17) is 8.47 Å². The number of carbonyl (C=O) groups is 2. The molecule has 1 heterocycles. The molecule has 0 radical (unpaired) electrons. The van der Waals surface area contributed by atoms with Gasteiger partial charge in [-0.25, -0.2) is 0 Å². The number of rotatable bonds is 4. The fourth-order valence-corrected chi connectivity index (χ4v) is 3.53. The molecule has 6 nitrogen and oxygen atoms in total. The Balaban J connectivity index is 1.79. The fraction of sp³-hybridized carbons (Fsp3) is 0.222. The summed E-state index contributed by atoms with van der Waals surface area (Å²) in [5.74, 6) is -0.913. The van der Waals surface area contributed by atoms with E-state index < -0.39 is 23.2 Å². The van der Waals surface area contributed by atoms with E-state index in [1.807, 2.05) is 39.8 Å². The SMILES string of the molecule is Cc1cc(C)c(OS(=O)ON2C(=O)c3ccc(C)cc3C2=O)c(C)c1. The monoisotopic (exact) mass is 359 g/mol. The van der Waals surface area contributed by atoms with Gasteiger partial charge in [0.2, 0.25) is 0 Å². The molecule has 1 unspecified atom stereocenters. The van der Waals surface area contributed by atoms with Crippen molar-refractivity contribution in [1.29, 1.82) is 0 Å². The summed E-state index contributed by atoms with van der Waals surface area (Å²) in [7, 11) is 0. The summed E-state index contributed by atoms with van der Waals surface area (Å²) in [6.45, 7) is 7.39. The molecule has 0 fully saturated rings. The Kier molecular flexibility index (Phi) is 4.45. The Morgan fingerprint density at radius 1 is 0.840 bits per heavy atom. The largest absolute Gasteiger partial charge is 0.383 e. The van der Waals surface area contributed by atoms with Crippen LogP contribution in [-0.4, -0.2) is 21.1 Å². The summed E-state index contributed by atoms with van der Waals surface area (Å²) >= 11 is -2.34. The lowest BCUT2D eigenvalue weighted by Gasteiger charge is -2.14. The molecule has 0 spiro atoms. The third-order valence-corrected chi connectivity index (χ3v) is 4.47.